The molecule has 3 N–H and O–H groups in total. The van der Waals surface area contributed by atoms with Crippen molar-refractivity contribution in [1.82, 2.24) is 25.1 Å². The third kappa shape index (κ3) is 7.34. The molecule has 2 amide bonds. The van der Waals surface area contributed by atoms with E-state index < -0.39 is 0 Å². The molecule has 5 rings (SSSR count). The number of amides is 2. The molecular weight excluding hydrogens is 504 g/mol. The molecule has 0 bridgehead atoms. The zero-order valence-electron chi connectivity index (χ0n) is 23.1. The van der Waals surface area contributed by atoms with E-state index in [9.17, 15) is 9.59 Å². The molecule has 10 nitrogen and oxygen atoms in total. The summed E-state index contributed by atoms with van der Waals surface area (Å²) in [6.45, 7) is 9.45. The highest BCUT2D eigenvalue weighted by Gasteiger charge is 2.23. The molecule has 0 aliphatic carbocycles. The summed E-state index contributed by atoms with van der Waals surface area (Å²) in [4.78, 5) is 40.2. The number of hydrogen-bond donors (Lipinski definition) is 3. The minimum atomic E-state index is 0.0218. The fourth-order valence-electron chi connectivity index (χ4n) is 5.01. The van der Waals surface area contributed by atoms with Crippen LogP contribution in [0.15, 0.2) is 60.8 Å². The van der Waals surface area contributed by atoms with Crippen LogP contribution < -0.4 is 20.9 Å². The maximum Gasteiger partial charge on any atom is 0.236 e. The SMILES string of the molecule is CCCC(=O)Nc1ccc(-c2ccnc(Nc3ccc(N4CCN(C(=O)CN5CCNCC5)CC4)cc3)n2)cc1. The van der Waals surface area contributed by atoms with Gasteiger partial charge >= 0.3 is 0 Å². The fraction of sp³-hybridized carbons (Fsp3) is 0.400. The predicted molar refractivity (Wildman–Crippen MR) is 159 cm³/mol. The predicted octanol–water partition coefficient (Wildman–Crippen LogP) is 3.18. The Morgan fingerprint density at radius 3 is 2.27 bits per heavy atom. The van der Waals surface area contributed by atoms with Crippen LogP contribution in [0.1, 0.15) is 19.8 Å². The highest BCUT2D eigenvalue weighted by Crippen LogP contribution is 2.24. The molecule has 1 aromatic heterocycles. The first-order valence-corrected chi connectivity index (χ1v) is 14.1. The van der Waals surface area contributed by atoms with Crippen molar-refractivity contribution in [2.75, 3.05) is 74.4 Å². The minimum absolute atomic E-state index is 0.0218. The van der Waals surface area contributed by atoms with Gasteiger partial charge in [0.05, 0.1) is 12.2 Å². The molecule has 0 spiro atoms. The third-order valence-electron chi connectivity index (χ3n) is 7.29. The van der Waals surface area contributed by atoms with Gasteiger partial charge in [-0.05, 0) is 48.9 Å². The lowest BCUT2D eigenvalue weighted by atomic mass is 10.1. The Hall–Kier alpha value is -4.02. The Bertz CT molecular complexity index is 1270. The number of anilines is 4. The number of carbonyl (C=O) groups is 2. The summed E-state index contributed by atoms with van der Waals surface area (Å²) in [7, 11) is 0. The molecule has 2 aliphatic heterocycles. The highest BCUT2D eigenvalue weighted by molar-refractivity contribution is 5.90. The average Bonchev–Trinajstić information content (AvgIpc) is 2.99. The molecule has 210 valence electrons. The average molecular weight is 543 g/mol. The van der Waals surface area contributed by atoms with E-state index in [2.05, 4.69) is 47.9 Å². The summed E-state index contributed by atoms with van der Waals surface area (Å²) in [5.74, 6) is 0.772. The van der Waals surface area contributed by atoms with Gasteiger partial charge in [-0.15, -0.1) is 0 Å². The van der Waals surface area contributed by atoms with E-state index in [-0.39, 0.29) is 11.8 Å². The molecule has 3 heterocycles. The van der Waals surface area contributed by atoms with Gasteiger partial charge in [0.1, 0.15) is 0 Å². The molecule has 2 aromatic carbocycles. The van der Waals surface area contributed by atoms with Gasteiger partial charge in [0.15, 0.2) is 0 Å². The second-order valence-corrected chi connectivity index (χ2v) is 10.2. The summed E-state index contributed by atoms with van der Waals surface area (Å²) in [6.07, 6.45) is 3.07. The van der Waals surface area contributed by atoms with Gasteiger partial charge in [0.2, 0.25) is 17.8 Å². The van der Waals surface area contributed by atoms with Crippen molar-refractivity contribution < 1.29 is 9.59 Å². The van der Waals surface area contributed by atoms with Crippen molar-refractivity contribution in [2.45, 2.75) is 19.8 Å². The van der Waals surface area contributed by atoms with Crippen molar-refractivity contribution in [1.29, 1.82) is 0 Å². The minimum Gasteiger partial charge on any atom is -0.368 e. The summed E-state index contributed by atoms with van der Waals surface area (Å²) in [5.41, 5.74) is 4.56. The summed E-state index contributed by atoms with van der Waals surface area (Å²) >= 11 is 0. The Kier molecular flexibility index (Phi) is 9.20. The van der Waals surface area contributed by atoms with Crippen LogP contribution in [-0.2, 0) is 9.59 Å². The third-order valence-corrected chi connectivity index (χ3v) is 7.29. The molecule has 2 aliphatic rings. The van der Waals surface area contributed by atoms with Crippen LogP contribution in [0.4, 0.5) is 23.0 Å². The van der Waals surface area contributed by atoms with E-state index in [1.165, 1.54) is 0 Å². The normalized spacial score (nSPS) is 16.0. The number of carbonyl (C=O) groups excluding carboxylic acids is 2. The van der Waals surface area contributed by atoms with Gasteiger partial charge in [-0.25, -0.2) is 9.97 Å². The number of benzene rings is 2. The topological polar surface area (TPSA) is 106 Å². The summed E-state index contributed by atoms with van der Waals surface area (Å²) in [5, 5.41) is 9.54. The van der Waals surface area contributed by atoms with Crippen molar-refractivity contribution in [2.24, 2.45) is 0 Å². The molecule has 0 atom stereocenters. The van der Waals surface area contributed by atoms with Gasteiger partial charge in [-0.1, -0.05) is 19.1 Å². The fourth-order valence-corrected chi connectivity index (χ4v) is 5.01. The van der Waals surface area contributed by atoms with E-state index in [1.807, 2.05) is 54.3 Å². The molecule has 0 radical (unpaired) electrons. The summed E-state index contributed by atoms with van der Waals surface area (Å²) < 4.78 is 0. The van der Waals surface area contributed by atoms with Crippen LogP contribution in [0.5, 0.6) is 0 Å². The van der Waals surface area contributed by atoms with Crippen molar-refractivity contribution in [3.63, 3.8) is 0 Å². The van der Waals surface area contributed by atoms with Crippen LogP contribution >= 0.6 is 0 Å². The van der Waals surface area contributed by atoms with Gasteiger partial charge in [0, 0.05) is 87.6 Å². The number of hydrogen-bond acceptors (Lipinski definition) is 8. The lowest BCUT2D eigenvalue weighted by molar-refractivity contribution is -0.132. The monoisotopic (exact) mass is 542 g/mol. The lowest BCUT2D eigenvalue weighted by Crippen LogP contribution is -2.53. The standard InChI is InChI=1S/C30H38N8O2/c1-2-3-28(39)33-24-6-4-23(5-7-24)27-12-13-32-30(35-27)34-25-8-10-26(11-9-25)37-18-20-38(21-19-37)29(40)22-36-16-14-31-15-17-36/h4-13,31H,2-3,14-22H2,1H3,(H,33,39)(H,32,34,35). The van der Waals surface area contributed by atoms with E-state index in [4.69, 9.17) is 0 Å². The highest BCUT2D eigenvalue weighted by atomic mass is 16.2. The molecular formula is C30H38N8O2. The van der Waals surface area contributed by atoms with Crippen LogP contribution in [0.2, 0.25) is 0 Å². The Balaban J connectivity index is 1.13. The molecule has 2 saturated heterocycles. The van der Waals surface area contributed by atoms with E-state index in [1.54, 1.807) is 6.20 Å². The number of aromatic nitrogens is 2. The van der Waals surface area contributed by atoms with Crippen molar-refractivity contribution in [3.05, 3.63) is 60.8 Å². The zero-order chi connectivity index (χ0) is 27.7. The first kappa shape index (κ1) is 27.5. The Labute approximate surface area is 235 Å². The maximum atomic E-state index is 12.7. The molecule has 40 heavy (non-hydrogen) atoms. The Morgan fingerprint density at radius 1 is 0.875 bits per heavy atom. The number of nitrogens with zero attached hydrogens (tertiary/aromatic N) is 5. The molecule has 3 aromatic rings. The van der Waals surface area contributed by atoms with Crippen LogP contribution in [-0.4, -0.2) is 90.5 Å². The first-order valence-electron chi connectivity index (χ1n) is 14.1. The van der Waals surface area contributed by atoms with Crippen molar-refractivity contribution in [3.8, 4) is 11.3 Å². The zero-order valence-corrected chi connectivity index (χ0v) is 23.1. The van der Waals surface area contributed by atoms with Crippen LogP contribution in [0.25, 0.3) is 11.3 Å². The lowest BCUT2D eigenvalue weighted by Gasteiger charge is -2.37. The van der Waals surface area contributed by atoms with Gasteiger partial charge < -0.3 is 25.8 Å². The second kappa shape index (κ2) is 13.4. The van der Waals surface area contributed by atoms with E-state index in [0.29, 0.717) is 18.9 Å². The van der Waals surface area contributed by atoms with Crippen LogP contribution in [0, 0.1) is 0 Å². The first-order chi connectivity index (χ1) is 19.6. The number of rotatable bonds is 9. The smallest absolute Gasteiger partial charge is 0.236 e. The molecule has 0 unspecified atom stereocenters. The number of piperazine rings is 2. The number of nitrogens with one attached hydrogen (secondary N) is 3. The van der Waals surface area contributed by atoms with Gasteiger partial charge in [-0.3, -0.25) is 14.5 Å². The second-order valence-electron chi connectivity index (χ2n) is 10.2. The van der Waals surface area contributed by atoms with Crippen LogP contribution in [0.3, 0.4) is 0 Å². The van der Waals surface area contributed by atoms with E-state index >= 15 is 0 Å². The molecule has 2 fully saturated rings. The molecule has 0 saturated carbocycles. The van der Waals surface area contributed by atoms with Crippen molar-refractivity contribution >= 4 is 34.8 Å². The maximum absolute atomic E-state index is 12.7. The quantitative estimate of drug-likeness (QED) is 0.379. The largest absolute Gasteiger partial charge is 0.368 e. The molecule has 10 heteroatoms. The summed E-state index contributed by atoms with van der Waals surface area (Å²) in [6, 6.07) is 17.8. The van der Waals surface area contributed by atoms with Gasteiger partial charge in [-0.2, -0.15) is 0 Å². The van der Waals surface area contributed by atoms with Gasteiger partial charge in [0.25, 0.3) is 0 Å². The van der Waals surface area contributed by atoms with E-state index in [0.717, 1.165) is 87.1 Å². The Morgan fingerprint density at radius 2 is 1.57 bits per heavy atom.